The number of hydrogen-bond acceptors (Lipinski definition) is 5. The van der Waals surface area contributed by atoms with Crippen molar-refractivity contribution in [1.82, 2.24) is 20.9 Å². The highest BCUT2D eigenvalue weighted by Crippen LogP contribution is 2.46. The third-order valence-corrected chi connectivity index (χ3v) is 6.33. The molecule has 136 valence electrons. The number of carbonyl (C=O) groups excluding carboxylic acids is 3. The van der Waals surface area contributed by atoms with Crippen molar-refractivity contribution in [3.05, 3.63) is 34.9 Å². The van der Waals surface area contributed by atoms with Crippen LogP contribution in [-0.4, -0.2) is 47.3 Å². The van der Waals surface area contributed by atoms with E-state index in [1.165, 1.54) is 6.42 Å². The molecule has 0 spiro atoms. The maximum absolute atomic E-state index is 13.1. The molecule has 1 saturated carbocycles. The first-order valence-electron chi connectivity index (χ1n) is 9.28. The molecule has 7 heteroatoms. The lowest BCUT2D eigenvalue weighted by Crippen LogP contribution is -2.52. The Morgan fingerprint density at radius 1 is 1.27 bits per heavy atom. The Morgan fingerprint density at radius 3 is 2.88 bits per heavy atom. The first kappa shape index (κ1) is 16.0. The number of imide groups is 1. The summed E-state index contributed by atoms with van der Waals surface area (Å²) in [5.41, 5.74) is 2.89. The van der Waals surface area contributed by atoms with Gasteiger partial charge in [-0.1, -0.05) is 18.2 Å². The van der Waals surface area contributed by atoms with Crippen LogP contribution in [0.3, 0.4) is 0 Å². The Labute approximate surface area is 151 Å². The number of nitrogens with one attached hydrogen (secondary N) is 3. The Bertz CT molecular complexity index is 823. The summed E-state index contributed by atoms with van der Waals surface area (Å²) in [6.07, 6.45) is 1.88. The topological polar surface area (TPSA) is 90.5 Å². The van der Waals surface area contributed by atoms with Crippen LogP contribution in [0.25, 0.3) is 0 Å². The fraction of sp³-hybridized carbons (Fsp3) is 0.526. The van der Waals surface area contributed by atoms with Crippen LogP contribution in [0.15, 0.2) is 18.2 Å². The molecular weight excluding hydrogens is 332 g/mol. The quantitative estimate of drug-likeness (QED) is 0.657. The van der Waals surface area contributed by atoms with E-state index in [2.05, 4.69) is 16.0 Å². The maximum Gasteiger partial charge on any atom is 0.255 e. The molecule has 2 saturated heterocycles. The Balaban J connectivity index is 1.35. The van der Waals surface area contributed by atoms with Crippen molar-refractivity contribution >= 4 is 17.7 Å². The van der Waals surface area contributed by atoms with Gasteiger partial charge >= 0.3 is 0 Å². The highest BCUT2D eigenvalue weighted by molar-refractivity contribution is 6.05. The maximum atomic E-state index is 13.1. The minimum atomic E-state index is -0.557. The molecule has 1 aliphatic carbocycles. The van der Waals surface area contributed by atoms with E-state index in [0.717, 1.165) is 29.8 Å². The van der Waals surface area contributed by atoms with Gasteiger partial charge in [-0.15, -0.1) is 0 Å². The van der Waals surface area contributed by atoms with Crippen LogP contribution >= 0.6 is 0 Å². The zero-order valence-electron chi connectivity index (χ0n) is 14.5. The summed E-state index contributed by atoms with van der Waals surface area (Å²) in [6, 6.07) is 5.37. The van der Waals surface area contributed by atoms with Gasteiger partial charge in [0.15, 0.2) is 0 Å². The molecule has 0 bridgehead atoms. The van der Waals surface area contributed by atoms with Crippen LogP contribution in [0.2, 0.25) is 0 Å². The molecule has 0 aromatic heterocycles. The lowest BCUT2D eigenvalue weighted by molar-refractivity contribution is -0.136. The molecule has 1 aromatic carbocycles. The molecule has 3 aliphatic heterocycles. The second-order valence-corrected chi connectivity index (χ2v) is 7.89. The number of rotatable bonds is 4. The monoisotopic (exact) mass is 354 g/mol. The first-order chi connectivity index (χ1) is 12.6. The van der Waals surface area contributed by atoms with Gasteiger partial charge in [0.1, 0.15) is 6.04 Å². The van der Waals surface area contributed by atoms with Gasteiger partial charge in [-0.05, 0) is 36.4 Å². The third-order valence-electron chi connectivity index (χ3n) is 6.33. The van der Waals surface area contributed by atoms with Crippen LogP contribution in [0.5, 0.6) is 0 Å². The summed E-state index contributed by atoms with van der Waals surface area (Å²) in [5, 5.41) is 9.41. The van der Waals surface area contributed by atoms with Crippen molar-refractivity contribution < 1.29 is 14.4 Å². The highest BCUT2D eigenvalue weighted by atomic mass is 16.2. The number of piperidine rings is 2. The van der Waals surface area contributed by atoms with E-state index in [4.69, 9.17) is 0 Å². The Morgan fingerprint density at radius 2 is 2.15 bits per heavy atom. The molecule has 3 atom stereocenters. The molecule has 3 amide bonds. The molecule has 26 heavy (non-hydrogen) atoms. The van der Waals surface area contributed by atoms with E-state index < -0.39 is 6.04 Å². The molecule has 1 aromatic rings. The summed E-state index contributed by atoms with van der Waals surface area (Å²) >= 11 is 0. The minimum absolute atomic E-state index is 0.0960. The van der Waals surface area contributed by atoms with Gasteiger partial charge in [-0.3, -0.25) is 19.7 Å². The van der Waals surface area contributed by atoms with Crippen molar-refractivity contribution in [1.29, 1.82) is 0 Å². The van der Waals surface area contributed by atoms with Crippen LogP contribution in [0, 0.1) is 5.92 Å². The number of benzene rings is 1. The van der Waals surface area contributed by atoms with E-state index in [0.29, 0.717) is 25.4 Å². The number of fused-ring (bicyclic) bond motifs is 2. The van der Waals surface area contributed by atoms with Crippen molar-refractivity contribution in [3.63, 3.8) is 0 Å². The molecule has 4 aliphatic rings. The van der Waals surface area contributed by atoms with E-state index in [1.54, 1.807) is 4.90 Å². The normalized spacial score (nSPS) is 32.5. The van der Waals surface area contributed by atoms with E-state index >= 15 is 0 Å². The molecule has 3 heterocycles. The average Bonchev–Trinajstić information content (AvgIpc) is 2.98. The summed E-state index contributed by atoms with van der Waals surface area (Å²) < 4.78 is 0. The van der Waals surface area contributed by atoms with Crippen molar-refractivity contribution in [2.75, 3.05) is 13.1 Å². The number of amides is 3. The molecule has 3 N–H and O–H groups in total. The van der Waals surface area contributed by atoms with Gasteiger partial charge in [0.05, 0.1) is 0 Å². The second-order valence-electron chi connectivity index (χ2n) is 7.89. The van der Waals surface area contributed by atoms with Crippen LogP contribution in [-0.2, 0) is 22.7 Å². The molecule has 0 radical (unpaired) electrons. The van der Waals surface area contributed by atoms with Crippen molar-refractivity contribution in [2.24, 2.45) is 5.92 Å². The summed E-state index contributed by atoms with van der Waals surface area (Å²) in [7, 11) is 0. The molecule has 3 fully saturated rings. The van der Waals surface area contributed by atoms with Gasteiger partial charge in [0, 0.05) is 37.2 Å². The lowest BCUT2D eigenvalue weighted by atomic mass is 10.0. The molecule has 7 nitrogen and oxygen atoms in total. The summed E-state index contributed by atoms with van der Waals surface area (Å²) in [6.45, 7) is 3.16. The first-order valence-corrected chi connectivity index (χ1v) is 9.28. The standard InChI is InChI=1S/C19H22N4O3/c24-15-5-4-14(17(25)22-15)23-9-12-3-1-2-11(16(12)18(23)26)7-21-19-6-13(19)8-20-10-19/h1-3,13-14,20-21H,4-10H2,(H,22,24,25)/t13-,14?,19-/m1/s1. The highest BCUT2D eigenvalue weighted by Gasteiger charge is 2.56. The largest absolute Gasteiger partial charge is 0.322 e. The third kappa shape index (κ3) is 2.38. The lowest BCUT2D eigenvalue weighted by Gasteiger charge is -2.29. The van der Waals surface area contributed by atoms with Gasteiger partial charge in [-0.2, -0.15) is 0 Å². The van der Waals surface area contributed by atoms with E-state index in [9.17, 15) is 14.4 Å². The Kier molecular flexibility index (Phi) is 3.45. The number of carbonyl (C=O) groups is 3. The van der Waals surface area contributed by atoms with E-state index in [-0.39, 0.29) is 29.7 Å². The SMILES string of the molecule is O=C1CCC(N2Cc3cccc(CN[C@]45CNC[C@H]4C5)c3C2=O)C(=O)N1. The average molecular weight is 354 g/mol. The van der Waals surface area contributed by atoms with Crippen molar-refractivity contribution in [2.45, 2.75) is 43.9 Å². The molecular formula is C19H22N4O3. The van der Waals surface area contributed by atoms with Gasteiger partial charge < -0.3 is 15.5 Å². The van der Waals surface area contributed by atoms with Gasteiger partial charge in [0.25, 0.3) is 5.91 Å². The van der Waals surface area contributed by atoms with Crippen LogP contribution < -0.4 is 16.0 Å². The van der Waals surface area contributed by atoms with Gasteiger partial charge in [0.2, 0.25) is 11.8 Å². The number of hydrogen-bond donors (Lipinski definition) is 3. The zero-order valence-corrected chi connectivity index (χ0v) is 14.5. The molecule has 5 rings (SSSR count). The minimum Gasteiger partial charge on any atom is -0.322 e. The zero-order chi connectivity index (χ0) is 17.9. The van der Waals surface area contributed by atoms with Crippen molar-refractivity contribution in [3.8, 4) is 0 Å². The fourth-order valence-electron chi connectivity index (χ4n) is 4.72. The molecule has 1 unspecified atom stereocenters. The number of nitrogens with zero attached hydrogens (tertiary/aromatic N) is 1. The predicted octanol–water partition coefficient (Wildman–Crippen LogP) is -0.101. The predicted molar refractivity (Wildman–Crippen MR) is 93.0 cm³/mol. The van der Waals surface area contributed by atoms with E-state index in [1.807, 2.05) is 18.2 Å². The fourth-order valence-corrected chi connectivity index (χ4v) is 4.72. The van der Waals surface area contributed by atoms with Crippen LogP contribution in [0.4, 0.5) is 0 Å². The summed E-state index contributed by atoms with van der Waals surface area (Å²) in [4.78, 5) is 38.2. The second kappa shape index (κ2) is 5.62. The van der Waals surface area contributed by atoms with Crippen LogP contribution in [0.1, 0.15) is 40.7 Å². The smallest absolute Gasteiger partial charge is 0.255 e. The van der Waals surface area contributed by atoms with Gasteiger partial charge in [-0.25, -0.2) is 0 Å². The Hall–Kier alpha value is -2.25. The summed E-state index contributed by atoms with van der Waals surface area (Å²) in [5.74, 6) is -0.0150.